The molecule has 24 heavy (non-hydrogen) atoms. The fraction of sp³-hybridized carbons (Fsp3) is 0. The highest BCUT2D eigenvalue weighted by Crippen LogP contribution is 2.26. The van der Waals surface area contributed by atoms with Gasteiger partial charge >= 0.3 is 0 Å². The molecule has 1 aromatic carbocycles. The second kappa shape index (κ2) is 7.13. The molecular formula is C16H10Cl2N6. The molecule has 0 aliphatic heterocycles. The van der Waals surface area contributed by atoms with E-state index in [1.165, 1.54) is 6.21 Å². The van der Waals surface area contributed by atoms with Crippen LogP contribution in [0.3, 0.4) is 0 Å². The van der Waals surface area contributed by atoms with E-state index in [9.17, 15) is 5.26 Å². The van der Waals surface area contributed by atoms with Crippen LogP contribution >= 0.6 is 23.2 Å². The van der Waals surface area contributed by atoms with Crippen molar-refractivity contribution in [1.29, 1.82) is 5.26 Å². The summed E-state index contributed by atoms with van der Waals surface area (Å²) in [7, 11) is 0. The van der Waals surface area contributed by atoms with Gasteiger partial charge in [-0.3, -0.25) is 5.10 Å². The molecule has 3 rings (SSSR count). The molecule has 0 bridgehead atoms. The monoisotopic (exact) mass is 356 g/mol. The molecule has 2 aromatic heterocycles. The topological polar surface area (TPSA) is 89.8 Å². The zero-order chi connectivity index (χ0) is 16.9. The third-order valence-electron chi connectivity index (χ3n) is 3.01. The number of halogens is 2. The number of benzene rings is 1. The molecule has 0 radical (unpaired) electrons. The minimum atomic E-state index is 0.285. The molecule has 2 heterocycles. The van der Waals surface area contributed by atoms with Crippen LogP contribution in [0.4, 0.5) is 17.3 Å². The lowest BCUT2D eigenvalue weighted by Gasteiger charge is -2.03. The lowest BCUT2D eigenvalue weighted by molar-refractivity contribution is 1.09. The van der Waals surface area contributed by atoms with Gasteiger partial charge < -0.3 is 5.32 Å². The summed E-state index contributed by atoms with van der Waals surface area (Å²) in [5.41, 5.74) is 1.58. The summed E-state index contributed by atoms with van der Waals surface area (Å²) >= 11 is 11.8. The zero-order valence-corrected chi connectivity index (χ0v) is 13.7. The van der Waals surface area contributed by atoms with Gasteiger partial charge in [0.1, 0.15) is 16.8 Å². The van der Waals surface area contributed by atoms with E-state index in [2.05, 4.69) is 31.6 Å². The van der Waals surface area contributed by atoms with E-state index >= 15 is 0 Å². The molecule has 0 amide bonds. The highest BCUT2D eigenvalue weighted by molar-refractivity contribution is 6.30. The van der Waals surface area contributed by atoms with E-state index in [4.69, 9.17) is 23.2 Å². The van der Waals surface area contributed by atoms with Crippen LogP contribution in [-0.4, -0.2) is 21.4 Å². The largest absolute Gasteiger partial charge is 0.338 e. The number of aromatic amines is 1. The molecule has 0 aliphatic carbocycles. The first-order chi connectivity index (χ1) is 11.7. The summed E-state index contributed by atoms with van der Waals surface area (Å²) < 4.78 is 0. The van der Waals surface area contributed by atoms with Crippen molar-refractivity contribution < 1.29 is 0 Å². The highest BCUT2D eigenvalue weighted by atomic mass is 35.5. The molecule has 0 saturated carbocycles. The van der Waals surface area contributed by atoms with Crippen LogP contribution in [0, 0.1) is 11.3 Å². The van der Waals surface area contributed by atoms with Crippen molar-refractivity contribution in [2.24, 2.45) is 4.99 Å². The maximum Gasteiger partial charge on any atom is 0.172 e. The van der Waals surface area contributed by atoms with E-state index in [0.717, 1.165) is 5.69 Å². The minimum absolute atomic E-state index is 0.285. The molecule has 0 spiro atoms. The maximum absolute atomic E-state index is 9.38. The Morgan fingerprint density at radius 3 is 2.79 bits per heavy atom. The van der Waals surface area contributed by atoms with Crippen LogP contribution in [0.5, 0.6) is 0 Å². The van der Waals surface area contributed by atoms with E-state index in [-0.39, 0.29) is 5.56 Å². The molecule has 8 heteroatoms. The van der Waals surface area contributed by atoms with Gasteiger partial charge in [0.2, 0.25) is 0 Å². The van der Waals surface area contributed by atoms with E-state index in [1.807, 2.05) is 6.07 Å². The van der Waals surface area contributed by atoms with Crippen LogP contribution in [0.15, 0.2) is 47.5 Å². The van der Waals surface area contributed by atoms with Crippen molar-refractivity contribution in [3.05, 3.63) is 63.9 Å². The van der Waals surface area contributed by atoms with Gasteiger partial charge in [0, 0.05) is 10.7 Å². The number of anilines is 2. The summed E-state index contributed by atoms with van der Waals surface area (Å²) in [6.07, 6.45) is 1.50. The lowest BCUT2D eigenvalue weighted by Crippen LogP contribution is -1.92. The average Bonchev–Trinajstić information content (AvgIpc) is 2.94. The predicted octanol–water partition coefficient (Wildman–Crippen LogP) is 4.48. The number of nitrogens with one attached hydrogen (secondary N) is 2. The number of pyridine rings is 1. The van der Waals surface area contributed by atoms with Gasteiger partial charge in [-0.25, -0.2) is 9.98 Å². The zero-order valence-electron chi connectivity index (χ0n) is 12.2. The van der Waals surface area contributed by atoms with Crippen LogP contribution in [0.2, 0.25) is 10.2 Å². The lowest BCUT2D eigenvalue weighted by atomic mass is 10.3. The van der Waals surface area contributed by atoms with E-state index < -0.39 is 0 Å². The molecule has 6 nitrogen and oxygen atoms in total. The first kappa shape index (κ1) is 16.0. The number of rotatable bonds is 4. The Kier molecular flexibility index (Phi) is 4.75. The summed E-state index contributed by atoms with van der Waals surface area (Å²) in [5, 5.41) is 20.2. The smallest absolute Gasteiger partial charge is 0.172 e. The van der Waals surface area contributed by atoms with Gasteiger partial charge in [-0.15, -0.1) is 0 Å². The Labute approximate surface area is 147 Å². The second-order valence-corrected chi connectivity index (χ2v) is 5.51. The van der Waals surface area contributed by atoms with Gasteiger partial charge in [0.05, 0.1) is 11.9 Å². The molecule has 0 aliphatic rings. The van der Waals surface area contributed by atoms with Crippen molar-refractivity contribution in [2.45, 2.75) is 0 Å². The van der Waals surface area contributed by atoms with Crippen molar-refractivity contribution in [2.75, 3.05) is 5.32 Å². The fourth-order valence-corrected chi connectivity index (χ4v) is 2.31. The van der Waals surface area contributed by atoms with Crippen molar-refractivity contribution >= 4 is 46.7 Å². The Balaban J connectivity index is 1.86. The molecular weight excluding hydrogens is 347 g/mol. The summed E-state index contributed by atoms with van der Waals surface area (Å²) in [6, 6.07) is 14.4. The number of hydrogen-bond acceptors (Lipinski definition) is 5. The number of nitriles is 1. The predicted molar refractivity (Wildman–Crippen MR) is 94.5 cm³/mol. The number of aliphatic imine (C=N–C) groups is 1. The third-order valence-corrected chi connectivity index (χ3v) is 3.45. The fourth-order valence-electron chi connectivity index (χ4n) is 1.95. The van der Waals surface area contributed by atoms with Crippen LogP contribution in [0.25, 0.3) is 0 Å². The molecule has 2 N–H and O–H groups in total. The van der Waals surface area contributed by atoms with Gasteiger partial charge in [0.25, 0.3) is 0 Å². The van der Waals surface area contributed by atoms with Crippen molar-refractivity contribution in [3.8, 4) is 6.07 Å². The molecule has 3 aromatic rings. The van der Waals surface area contributed by atoms with Crippen molar-refractivity contribution in [3.63, 3.8) is 0 Å². The molecule has 0 unspecified atom stereocenters. The first-order valence-corrected chi connectivity index (χ1v) is 7.59. The van der Waals surface area contributed by atoms with Gasteiger partial charge in [-0.05, 0) is 30.3 Å². The van der Waals surface area contributed by atoms with Crippen LogP contribution in [-0.2, 0) is 0 Å². The second-order valence-electron chi connectivity index (χ2n) is 4.69. The summed E-state index contributed by atoms with van der Waals surface area (Å²) in [4.78, 5) is 8.31. The number of H-pyrrole nitrogens is 1. The van der Waals surface area contributed by atoms with E-state index in [1.54, 1.807) is 36.4 Å². The van der Waals surface area contributed by atoms with Crippen molar-refractivity contribution in [1.82, 2.24) is 15.2 Å². The molecule has 118 valence electrons. The van der Waals surface area contributed by atoms with Crippen LogP contribution < -0.4 is 5.32 Å². The highest BCUT2D eigenvalue weighted by Gasteiger charge is 2.12. The molecule has 0 saturated heterocycles. The maximum atomic E-state index is 9.38. The first-order valence-electron chi connectivity index (χ1n) is 6.83. The number of aromatic nitrogens is 3. The van der Waals surface area contributed by atoms with Gasteiger partial charge in [-0.2, -0.15) is 10.4 Å². The Morgan fingerprint density at radius 2 is 2.04 bits per heavy atom. The SMILES string of the molecule is N#Cc1c(Nc2cccc(Cl)c2)n[nH]c1/N=C/c1cccc(Cl)n1. The molecule has 0 fully saturated rings. The molecule has 0 atom stereocenters. The van der Waals surface area contributed by atoms with Gasteiger partial charge in [0.15, 0.2) is 11.6 Å². The standard InChI is InChI=1S/C16H10Cl2N6/c17-10-3-1-4-11(7-10)22-16-13(8-19)15(23-24-16)20-9-12-5-2-6-14(18)21-12/h1-7,9H,(H2,22,23,24)/b20-9+. The Hall–Kier alpha value is -2.88. The normalized spacial score (nSPS) is 10.7. The van der Waals surface area contributed by atoms with Gasteiger partial charge in [-0.1, -0.05) is 35.3 Å². The average molecular weight is 357 g/mol. The number of nitrogens with zero attached hydrogens (tertiary/aromatic N) is 4. The number of hydrogen-bond donors (Lipinski definition) is 2. The quantitative estimate of drug-likeness (QED) is 0.532. The Morgan fingerprint density at radius 1 is 1.21 bits per heavy atom. The third kappa shape index (κ3) is 3.71. The Bertz CT molecular complexity index is 942. The minimum Gasteiger partial charge on any atom is -0.338 e. The van der Waals surface area contributed by atoms with E-state index in [0.29, 0.717) is 27.5 Å². The van der Waals surface area contributed by atoms with Crippen LogP contribution in [0.1, 0.15) is 11.3 Å². The summed E-state index contributed by atoms with van der Waals surface area (Å²) in [5.74, 6) is 0.690. The summed E-state index contributed by atoms with van der Waals surface area (Å²) in [6.45, 7) is 0.